The number of para-hydroxylation sites is 2. The molecule has 1 atom stereocenters. The lowest BCUT2D eigenvalue weighted by Gasteiger charge is -2.36. The Balaban J connectivity index is 1.46. The first-order valence-corrected chi connectivity index (χ1v) is 10.0. The number of benzene rings is 1. The molecule has 0 aliphatic carbocycles. The number of methoxy groups -OCH3 is 1. The minimum Gasteiger partial charge on any atom is -0.495 e. The van der Waals surface area contributed by atoms with E-state index in [9.17, 15) is 9.59 Å². The summed E-state index contributed by atoms with van der Waals surface area (Å²) in [5.74, 6) is 0.558. The number of carbonyl (C=O) groups is 2. The molecule has 0 radical (unpaired) electrons. The van der Waals surface area contributed by atoms with Crippen LogP contribution in [-0.4, -0.2) is 60.9 Å². The van der Waals surface area contributed by atoms with Crippen LogP contribution < -0.4 is 9.64 Å². The molecule has 1 aromatic carbocycles. The van der Waals surface area contributed by atoms with Crippen molar-refractivity contribution < 1.29 is 14.3 Å². The van der Waals surface area contributed by atoms with Crippen LogP contribution >= 0.6 is 11.8 Å². The highest BCUT2D eigenvalue weighted by Gasteiger charge is 2.41. The summed E-state index contributed by atoms with van der Waals surface area (Å²) in [4.78, 5) is 38.4. The zero-order chi connectivity index (χ0) is 19.8. The molecule has 3 aliphatic rings. The van der Waals surface area contributed by atoms with Crippen molar-refractivity contribution in [3.8, 4) is 5.75 Å². The Hall–Kier alpha value is -2.61. The first-order valence-electron chi connectivity index (χ1n) is 9.23. The number of thioether (sulfide) groups is 1. The number of piperazine rings is 1. The molecule has 8 heteroatoms. The molecule has 2 amide bonds. The van der Waals surface area contributed by atoms with Crippen molar-refractivity contribution in [3.63, 3.8) is 0 Å². The van der Waals surface area contributed by atoms with Crippen LogP contribution in [-0.2, 0) is 9.59 Å². The average molecular weight is 398 g/mol. The molecular weight excluding hydrogens is 376 g/mol. The molecule has 146 valence electrons. The van der Waals surface area contributed by atoms with Gasteiger partial charge in [0.05, 0.1) is 22.7 Å². The Labute approximate surface area is 168 Å². The van der Waals surface area contributed by atoms with Crippen LogP contribution in [0.1, 0.15) is 13.8 Å². The van der Waals surface area contributed by atoms with Crippen molar-refractivity contribution in [1.82, 2.24) is 4.90 Å². The maximum Gasteiger partial charge on any atom is 0.261 e. The van der Waals surface area contributed by atoms with Crippen molar-refractivity contribution >= 4 is 40.1 Å². The van der Waals surface area contributed by atoms with Crippen molar-refractivity contribution in [1.29, 1.82) is 0 Å². The highest BCUT2D eigenvalue weighted by Crippen LogP contribution is 2.41. The molecule has 1 unspecified atom stereocenters. The molecule has 0 bridgehead atoms. The fourth-order valence-electron chi connectivity index (χ4n) is 3.74. The van der Waals surface area contributed by atoms with Gasteiger partial charge in [-0.05, 0) is 31.6 Å². The largest absolute Gasteiger partial charge is 0.495 e. The lowest BCUT2D eigenvalue weighted by Crippen LogP contribution is -2.49. The molecule has 28 heavy (non-hydrogen) atoms. The van der Waals surface area contributed by atoms with E-state index in [0.29, 0.717) is 28.9 Å². The molecular formula is C20H22N4O3S. The van der Waals surface area contributed by atoms with E-state index in [-0.39, 0.29) is 11.8 Å². The van der Waals surface area contributed by atoms with E-state index in [1.165, 1.54) is 11.8 Å². The fourth-order valence-corrected chi connectivity index (χ4v) is 5.02. The molecule has 1 fully saturated rings. The molecule has 7 nitrogen and oxygen atoms in total. The molecule has 0 N–H and O–H groups in total. The second-order valence-electron chi connectivity index (χ2n) is 6.95. The van der Waals surface area contributed by atoms with E-state index in [4.69, 9.17) is 4.74 Å². The highest BCUT2D eigenvalue weighted by molar-refractivity contribution is 8.18. The van der Waals surface area contributed by atoms with E-state index >= 15 is 0 Å². The summed E-state index contributed by atoms with van der Waals surface area (Å²) in [5.41, 5.74) is 1.81. The van der Waals surface area contributed by atoms with Gasteiger partial charge in [-0.25, -0.2) is 4.99 Å². The van der Waals surface area contributed by atoms with Crippen molar-refractivity contribution in [3.05, 3.63) is 34.7 Å². The fraction of sp³-hybridized carbons (Fsp3) is 0.400. The molecule has 0 aromatic heterocycles. The number of rotatable bonds is 3. The summed E-state index contributed by atoms with van der Waals surface area (Å²) in [6.45, 7) is 6.24. The summed E-state index contributed by atoms with van der Waals surface area (Å²) in [5, 5.41) is 0.672. The Morgan fingerprint density at radius 2 is 1.86 bits per heavy atom. The molecule has 0 saturated carbocycles. The Kier molecular flexibility index (Phi) is 4.97. The molecule has 4 rings (SSSR count). The van der Waals surface area contributed by atoms with E-state index in [2.05, 4.69) is 14.9 Å². The van der Waals surface area contributed by atoms with Gasteiger partial charge in [0, 0.05) is 26.2 Å². The summed E-state index contributed by atoms with van der Waals surface area (Å²) < 4.78 is 5.45. The first-order chi connectivity index (χ1) is 13.5. The van der Waals surface area contributed by atoms with E-state index in [1.807, 2.05) is 36.1 Å². The summed E-state index contributed by atoms with van der Waals surface area (Å²) in [6, 6.07) is 7.91. The zero-order valence-corrected chi connectivity index (χ0v) is 17.0. The summed E-state index contributed by atoms with van der Waals surface area (Å²) >= 11 is 1.32. The van der Waals surface area contributed by atoms with Crippen LogP contribution in [0.15, 0.2) is 44.7 Å². The number of amidine groups is 1. The van der Waals surface area contributed by atoms with Gasteiger partial charge in [0.2, 0.25) is 0 Å². The van der Waals surface area contributed by atoms with Crippen LogP contribution in [0.4, 0.5) is 5.69 Å². The number of hydrogen-bond acceptors (Lipinski definition) is 6. The van der Waals surface area contributed by atoms with Gasteiger partial charge in [0.25, 0.3) is 11.8 Å². The molecule has 0 spiro atoms. The third-order valence-corrected chi connectivity index (χ3v) is 6.46. The van der Waals surface area contributed by atoms with Gasteiger partial charge in [-0.2, -0.15) is 4.99 Å². The number of ether oxygens (including phenoxy) is 1. The third kappa shape index (κ3) is 3.22. The molecule has 1 saturated heterocycles. The van der Waals surface area contributed by atoms with Gasteiger partial charge in [-0.3, -0.25) is 9.59 Å². The average Bonchev–Trinajstić information content (AvgIpc) is 3.04. The number of fused-ring (bicyclic) bond motifs is 1. The minimum absolute atomic E-state index is 0.0234. The predicted molar refractivity (Wildman–Crippen MR) is 111 cm³/mol. The van der Waals surface area contributed by atoms with Gasteiger partial charge in [-0.15, -0.1) is 0 Å². The van der Waals surface area contributed by atoms with Gasteiger partial charge >= 0.3 is 0 Å². The van der Waals surface area contributed by atoms with Crippen LogP contribution in [0.5, 0.6) is 5.75 Å². The second kappa shape index (κ2) is 7.43. The normalized spacial score (nSPS) is 22.1. The minimum atomic E-state index is -0.484. The van der Waals surface area contributed by atoms with Gasteiger partial charge in [0.1, 0.15) is 17.5 Å². The highest BCUT2D eigenvalue weighted by atomic mass is 32.2. The van der Waals surface area contributed by atoms with Crippen LogP contribution in [0.2, 0.25) is 0 Å². The standard InChI is InChI=1S/C20H22N4O3S/c1-12-16-18(25)21-13(2)22-19(16)28-17(12)20(26)24-10-8-23(9-11-24)14-6-4-5-7-15(14)27-3/h4-7,16H,8-11H2,1-3H3. The smallest absolute Gasteiger partial charge is 0.261 e. The first kappa shape index (κ1) is 18.7. The van der Waals surface area contributed by atoms with E-state index in [0.717, 1.165) is 30.1 Å². The number of nitrogens with zero attached hydrogens (tertiary/aromatic N) is 4. The van der Waals surface area contributed by atoms with Crippen LogP contribution in [0, 0.1) is 5.92 Å². The van der Waals surface area contributed by atoms with Crippen molar-refractivity contribution in [2.75, 3.05) is 38.2 Å². The maximum absolute atomic E-state index is 13.1. The Morgan fingerprint density at radius 3 is 2.57 bits per heavy atom. The summed E-state index contributed by atoms with van der Waals surface area (Å²) in [7, 11) is 1.67. The van der Waals surface area contributed by atoms with E-state index < -0.39 is 5.92 Å². The van der Waals surface area contributed by atoms with Crippen LogP contribution in [0.3, 0.4) is 0 Å². The van der Waals surface area contributed by atoms with Gasteiger partial charge in [-0.1, -0.05) is 23.9 Å². The monoisotopic (exact) mass is 398 g/mol. The van der Waals surface area contributed by atoms with Crippen LogP contribution in [0.25, 0.3) is 0 Å². The number of amides is 2. The van der Waals surface area contributed by atoms with Crippen molar-refractivity contribution in [2.45, 2.75) is 13.8 Å². The predicted octanol–water partition coefficient (Wildman–Crippen LogP) is 2.34. The maximum atomic E-state index is 13.1. The van der Waals surface area contributed by atoms with Gasteiger partial charge in [0.15, 0.2) is 0 Å². The van der Waals surface area contributed by atoms with Gasteiger partial charge < -0.3 is 14.5 Å². The van der Waals surface area contributed by atoms with Crippen molar-refractivity contribution in [2.24, 2.45) is 15.9 Å². The van der Waals surface area contributed by atoms with E-state index in [1.54, 1.807) is 14.0 Å². The third-order valence-electron chi connectivity index (χ3n) is 5.22. The Bertz CT molecular complexity index is 929. The summed E-state index contributed by atoms with van der Waals surface area (Å²) in [6.07, 6.45) is 0. The lowest BCUT2D eigenvalue weighted by atomic mass is 9.99. The number of hydrogen-bond donors (Lipinski definition) is 0. The quantitative estimate of drug-likeness (QED) is 0.781. The Morgan fingerprint density at radius 1 is 1.14 bits per heavy atom. The lowest BCUT2D eigenvalue weighted by molar-refractivity contribution is -0.126. The number of carbonyl (C=O) groups excluding carboxylic acids is 2. The number of anilines is 1. The SMILES string of the molecule is COc1ccccc1N1CCN(C(=O)C2=C(C)C3C(=O)N=C(C)N=C3S2)CC1. The molecule has 3 aliphatic heterocycles. The number of aliphatic imine (C=N–C) groups is 2. The second-order valence-corrected chi connectivity index (χ2v) is 7.98. The molecule has 1 aromatic rings. The topological polar surface area (TPSA) is 74.6 Å². The molecule has 3 heterocycles. The zero-order valence-electron chi connectivity index (χ0n) is 16.1.